The van der Waals surface area contributed by atoms with Gasteiger partial charge in [0.15, 0.2) is 5.69 Å². The largest absolute Gasteiger partial charge is 0.390 e. The fraction of sp³-hybridized carbons (Fsp3) is 0.250. The number of benzene rings is 1. The normalized spacial score (nSPS) is 12.2. The number of pyridine rings is 2. The zero-order valence-corrected chi connectivity index (χ0v) is 18.8. The summed E-state index contributed by atoms with van der Waals surface area (Å²) >= 11 is 0. The Bertz CT molecular complexity index is 1130. The van der Waals surface area contributed by atoms with Crippen LogP contribution >= 0.6 is 0 Å². The van der Waals surface area contributed by atoms with E-state index in [0.717, 1.165) is 23.2 Å². The van der Waals surface area contributed by atoms with Gasteiger partial charge in [0.2, 0.25) is 0 Å². The number of aryl methyl sites for hydroxylation is 1. The quantitative estimate of drug-likeness (QED) is 0.292. The van der Waals surface area contributed by atoms with Gasteiger partial charge in [-0.25, -0.2) is 9.78 Å². The summed E-state index contributed by atoms with van der Waals surface area (Å²) in [4.78, 5) is 21.3. The molecule has 2 amide bonds. The first-order valence-electron chi connectivity index (χ1n) is 10.5. The van der Waals surface area contributed by atoms with Crippen LogP contribution in [-0.2, 0) is 6.61 Å². The summed E-state index contributed by atoms with van der Waals surface area (Å²) in [6.45, 7) is 4.74. The molecule has 0 aliphatic rings. The van der Waals surface area contributed by atoms with Crippen molar-refractivity contribution < 1.29 is 20.3 Å². The Hall–Kier alpha value is -3.66. The number of aromatic nitrogens is 2. The molecule has 0 bridgehead atoms. The van der Waals surface area contributed by atoms with E-state index >= 15 is 0 Å². The predicted molar refractivity (Wildman–Crippen MR) is 126 cm³/mol. The molecule has 2 heterocycles. The molecule has 0 fully saturated rings. The highest BCUT2D eigenvalue weighted by Gasteiger charge is 2.30. The Morgan fingerprint density at radius 3 is 2.58 bits per heavy atom. The van der Waals surface area contributed by atoms with Crippen molar-refractivity contribution in [1.82, 2.24) is 15.3 Å². The molecule has 0 aliphatic carbocycles. The summed E-state index contributed by atoms with van der Waals surface area (Å²) in [6, 6.07) is 13.2. The first-order chi connectivity index (χ1) is 15.7. The lowest BCUT2D eigenvalue weighted by atomic mass is 9.92. The fourth-order valence-corrected chi connectivity index (χ4v) is 3.52. The van der Waals surface area contributed by atoms with Crippen LogP contribution in [0.1, 0.15) is 42.4 Å². The molecule has 33 heavy (non-hydrogen) atoms. The van der Waals surface area contributed by atoms with Crippen LogP contribution in [0.5, 0.6) is 0 Å². The van der Waals surface area contributed by atoms with Crippen LogP contribution in [0.15, 0.2) is 54.7 Å². The average Bonchev–Trinajstić information content (AvgIpc) is 2.78. The van der Waals surface area contributed by atoms with E-state index in [4.69, 9.17) is 5.41 Å². The second-order valence-electron chi connectivity index (χ2n) is 8.23. The molecule has 3 rings (SSSR count). The third-order valence-electron chi connectivity index (χ3n) is 5.06. The smallest absolute Gasteiger partial charge is 0.320 e. The first kappa shape index (κ1) is 24.0. The molecule has 0 saturated carbocycles. The Kier molecular flexibility index (Phi) is 7.49. The zero-order valence-electron chi connectivity index (χ0n) is 18.8. The average molecular weight is 450 g/mol. The van der Waals surface area contributed by atoms with Crippen molar-refractivity contribution >= 4 is 29.4 Å². The summed E-state index contributed by atoms with van der Waals surface area (Å²) < 4.78 is 0. The SMILES string of the molecule is Cc1cc([NH2+]c2c(C=N)cc(NC(=O)N[C@@H](c3ccccc3)C(C)(C)O)nc2CO)ccn1. The van der Waals surface area contributed by atoms with Gasteiger partial charge in [-0.15, -0.1) is 0 Å². The number of amides is 2. The van der Waals surface area contributed by atoms with Gasteiger partial charge in [0.1, 0.15) is 17.2 Å². The third kappa shape index (κ3) is 6.19. The summed E-state index contributed by atoms with van der Waals surface area (Å²) in [5, 5.41) is 35.6. The number of nitrogens with zero attached hydrogens (tertiary/aromatic N) is 2. The number of carbonyl (C=O) groups excluding carboxylic acids is 1. The topological polar surface area (TPSA) is 148 Å². The maximum atomic E-state index is 12.7. The highest BCUT2D eigenvalue weighted by Crippen LogP contribution is 2.26. The molecule has 3 aromatic rings. The van der Waals surface area contributed by atoms with E-state index in [0.29, 0.717) is 16.9 Å². The van der Waals surface area contributed by atoms with Crippen molar-refractivity contribution in [2.24, 2.45) is 0 Å². The predicted octanol–water partition coefficient (Wildman–Crippen LogP) is 2.44. The van der Waals surface area contributed by atoms with Crippen LogP contribution in [0, 0.1) is 12.3 Å². The number of quaternary nitrogens is 1. The number of carbonyl (C=O) groups is 1. The van der Waals surface area contributed by atoms with Crippen molar-refractivity contribution in [2.45, 2.75) is 39.0 Å². The van der Waals surface area contributed by atoms with Gasteiger partial charge in [0.25, 0.3) is 0 Å². The molecule has 172 valence electrons. The molecular weight excluding hydrogens is 420 g/mol. The molecule has 0 radical (unpaired) electrons. The Balaban J connectivity index is 1.84. The maximum Gasteiger partial charge on any atom is 0.320 e. The van der Waals surface area contributed by atoms with Crippen LogP contribution in [0.3, 0.4) is 0 Å². The lowest BCUT2D eigenvalue weighted by Gasteiger charge is -2.30. The van der Waals surface area contributed by atoms with Crippen molar-refractivity contribution in [2.75, 3.05) is 5.32 Å². The van der Waals surface area contributed by atoms with Gasteiger partial charge in [-0.3, -0.25) is 15.6 Å². The molecular formula is C24H29N6O3+. The Morgan fingerprint density at radius 2 is 1.97 bits per heavy atom. The molecule has 9 nitrogen and oxygen atoms in total. The molecule has 0 saturated heterocycles. The van der Waals surface area contributed by atoms with Gasteiger partial charge < -0.3 is 20.9 Å². The van der Waals surface area contributed by atoms with Gasteiger partial charge in [-0.05, 0) is 32.4 Å². The second-order valence-corrected chi connectivity index (χ2v) is 8.23. The van der Waals surface area contributed by atoms with Crippen LogP contribution < -0.4 is 16.0 Å². The van der Waals surface area contributed by atoms with Gasteiger partial charge in [0, 0.05) is 30.2 Å². The zero-order chi connectivity index (χ0) is 24.0. The van der Waals surface area contributed by atoms with Gasteiger partial charge in [0.05, 0.1) is 23.8 Å². The minimum absolute atomic E-state index is 0.181. The van der Waals surface area contributed by atoms with Gasteiger partial charge in [-0.1, -0.05) is 30.3 Å². The summed E-state index contributed by atoms with van der Waals surface area (Å²) in [5.74, 6) is 0.181. The molecule has 7 N–H and O–H groups in total. The van der Waals surface area contributed by atoms with Crippen LogP contribution in [-0.4, -0.2) is 38.0 Å². The van der Waals surface area contributed by atoms with Crippen molar-refractivity contribution in [3.05, 3.63) is 77.2 Å². The number of nitrogens with two attached hydrogens (primary N) is 1. The Labute approximate surface area is 192 Å². The highest BCUT2D eigenvalue weighted by atomic mass is 16.3. The number of aliphatic hydroxyl groups excluding tert-OH is 1. The van der Waals surface area contributed by atoms with Gasteiger partial charge in [-0.2, -0.15) is 0 Å². The lowest BCUT2D eigenvalue weighted by molar-refractivity contribution is -0.479. The van der Waals surface area contributed by atoms with Crippen LogP contribution in [0.4, 0.5) is 22.0 Å². The first-order valence-corrected chi connectivity index (χ1v) is 10.5. The van der Waals surface area contributed by atoms with E-state index in [1.165, 1.54) is 0 Å². The van der Waals surface area contributed by atoms with Crippen molar-refractivity contribution in [3.8, 4) is 0 Å². The molecule has 0 unspecified atom stereocenters. The van der Waals surface area contributed by atoms with Crippen LogP contribution in [0.2, 0.25) is 0 Å². The molecule has 0 aliphatic heterocycles. The number of hydrogen-bond donors (Lipinski definition) is 6. The van der Waals surface area contributed by atoms with E-state index < -0.39 is 17.7 Å². The highest BCUT2D eigenvalue weighted by molar-refractivity contribution is 5.91. The number of aliphatic hydroxyl groups is 2. The Morgan fingerprint density at radius 1 is 1.24 bits per heavy atom. The molecule has 9 heteroatoms. The van der Waals surface area contributed by atoms with E-state index in [2.05, 4.69) is 20.6 Å². The number of nitrogens with one attached hydrogen (secondary N) is 3. The molecule has 2 aromatic heterocycles. The van der Waals surface area contributed by atoms with E-state index in [-0.39, 0.29) is 12.4 Å². The number of urea groups is 1. The van der Waals surface area contributed by atoms with E-state index in [1.54, 1.807) is 26.1 Å². The minimum atomic E-state index is -1.22. The third-order valence-corrected chi connectivity index (χ3v) is 5.06. The van der Waals surface area contributed by atoms with Crippen LogP contribution in [0.25, 0.3) is 0 Å². The number of hydrogen-bond acceptors (Lipinski definition) is 6. The summed E-state index contributed by atoms with van der Waals surface area (Å²) in [5.41, 5.74) is 2.63. The van der Waals surface area contributed by atoms with Crippen molar-refractivity contribution in [1.29, 1.82) is 5.41 Å². The maximum absolute atomic E-state index is 12.7. The van der Waals surface area contributed by atoms with E-state index in [1.807, 2.05) is 54.7 Å². The molecule has 0 spiro atoms. The van der Waals surface area contributed by atoms with E-state index in [9.17, 15) is 15.0 Å². The van der Waals surface area contributed by atoms with Crippen molar-refractivity contribution in [3.63, 3.8) is 0 Å². The standard InChI is InChI=1S/C24H28N6O3/c1-15-11-18(9-10-26-15)27-21-17(13-25)12-20(28-19(21)14-31)29-23(32)30-22(24(2,3)33)16-7-5-4-6-8-16/h4-13,22,25,31,33H,14H2,1-3H3,(H,26,27)(H2,28,29,30,32)/p+1/t22-/m0/s1. The van der Waals surface area contributed by atoms with Gasteiger partial charge >= 0.3 is 6.03 Å². The number of rotatable bonds is 8. The second kappa shape index (κ2) is 10.3. The molecule has 1 aromatic carbocycles. The monoisotopic (exact) mass is 449 g/mol. The fourth-order valence-electron chi connectivity index (χ4n) is 3.52. The summed E-state index contributed by atoms with van der Waals surface area (Å²) in [6.07, 6.45) is 2.83. The summed E-state index contributed by atoms with van der Waals surface area (Å²) in [7, 11) is 0. The minimum Gasteiger partial charge on any atom is -0.390 e. The number of anilines is 1. The molecule has 1 atom stereocenters. The lowest BCUT2D eigenvalue weighted by Crippen LogP contribution is -2.72.